The van der Waals surface area contributed by atoms with E-state index >= 15 is 0 Å². The van der Waals surface area contributed by atoms with Crippen LogP contribution in [0.15, 0.2) is 0 Å². The van der Waals surface area contributed by atoms with Crippen LogP contribution >= 0.6 is 0 Å². The van der Waals surface area contributed by atoms with E-state index in [-0.39, 0.29) is 44.8 Å². The molecule has 5 saturated carbocycles. The molecule has 34 heavy (non-hydrogen) atoms. The highest BCUT2D eigenvalue weighted by molar-refractivity contribution is 5.82. The molecule has 0 aromatic heterocycles. The summed E-state index contributed by atoms with van der Waals surface area (Å²) in [5.74, 6) is 0.543. The fourth-order valence-electron chi connectivity index (χ4n) is 11.4. The molecule has 0 spiro atoms. The van der Waals surface area contributed by atoms with Gasteiger partial charge >= 0.3 is 5.97 Å². The van der Waals surface area contributed by atoms with E-state index in [4.69, 9.17) is 0 Å². The van der Waals surface area contributed by atoms with Crippen LogP contribution in [-0.4, -0.2) is 28.1 Å². The van der Waals surface area contributed by atoms with Crippen molar-refractivity contribution in [1.82, 2.24) is 0 Å². The van der Waals surface area contributed by atoms with Gasteiger partial charge in [-0.15, -0.1) is 0 Å². The van der Waals surface area contributed by atoms with Gasteiger partial charge in [0, 0.05) is 12.3 Å². The average Bonchev–Trinajstić information content (AvgIpc) is 2.72. The molecule has 0 aromatic carbocycles. The van der Waals surface area contributed by atoms with Crippen LogP contribution in [0.2, 0.25) is 0 Å². The summed E-state index contributed by atoms with van der Waals surface area (Å²) < 4.78 is 0. The van der Waals surface area contributed by atoms with Crippen molar-refractivity contribution in [3.8, 4) is 0 Å². The number of rotatable bonds is 1. The van der Waals surface area contributed by atoms with Crippen molar-refractivity contribution in [2.24, 2.45) is 56.2 Å². The molecule has 0 heterocycles. The van der Waals surface area contributed by atoms with Crippen LogP contribution in [0.5, 0.6) is 0 Å². The van der Waals surface area contributed by atoms with Crippen LogP contribution in [0.3, 0.4) is 0 Å². The molecule has 0 aliphatic heterocycles. The van der Waals surface area contributed by atoms with Gasteiger partial charge in [-0.2, -0.15) is 0 Å². The largest absolute Gasteiger partial charge is 0.481 e. The highest BCUT2D eigenvalue weighted by atomic mass is 16.4. The summed E-state index contributed by atoms with van der Waals surface area (Å²) >= 11 is 0. The van der Waals surface area contributed by atoms with E-state index in [1.54, 1.807) is 0 Å². The summed E-state index contributed by atoms with van der Waals surface area (Å²) in [6.07, 6.45) is 8.34. The number of aliphatic hydroxyl groups is 1. The third-order valence-electron chi connectivity index (χ3n) is 13.6. The van der Waals surface area contributed by atoms with Crippen LogP contribution in [-0.2, 0) is 9.59 Å². The molecule has 5 aliphatic carbocycles. The van der Waals surface area contributed by atoms with Crippen molar-refractivity contribution < 1.29 is 19.8 Å². The average molecular weight is 473 g/mol. The first-order chi connectivity index (χ1) is 15.6. The minimum atomic E-state index is -0.614. The van der Waals surface area contributed by atoms with Crippen LogP contribution in [0.1, 0.15) is 113 Å². The summed E-state index contributed by atoms with van der Waals surface area (Å²) in [7, 11) is 0. The van der Waals surface area contributed by atoms with Crippen molar-refractivity contribution in [2.45, 2.75) is 119 Å². The molecule has 0 bridgehead atoms. The Morgan fingerprint density at radius 2 is 1.44 bits per heavy atom. The maximum absolute atomic E-state index is 12.9. The lowest BCUT2D eigenvalue weighted by atomic mass is 9.29. The number of fused-ring (bicyclic) bond motifs is 7. The fraction of sp³-hybridized carbons (Fsp3) is 0.933. The zero-order valence-electron chi connectivity index (χ0n) is 22.7. The van der Waals surface area contributed by atoms with E-state index in [9.17, 15) is 19.8 Å². The number of Topliss-reactive ketones (excluding diaryl/α,β-unsaturated/α-hetero) is 1. The number of carbonyl (C=O) groups is 2. The molecule has 10 atom stereocenters. The van der Waals surface area contributed by atoms with Gasteiger partial charge in [0.05, 0.1) is 11.5 Å². The number of aliphatic hydroxyl groups excluding tert-OH is 1. The number of hydrogen-bond acceptors (Lipinski definition) is 3. The van der Waals surface area contributed by atoms with Crippen LogP contribution in [0.25, 0.3) is 0 Å². The van der Waals surface area contributed by atoms with Gasteiger partial charge in [-0.3, -0.25) is 9.59 Å². The SMILES string of the molecule is C[C@H]1C(=O)CC[C@@H]2[C@]1(C)C[C@H](O)[C@H]1[C@@]2(C)CC[C@@]2(C)[C@@H]3CC(C)(C)CC[C@]3(C(=O)O)CC[C@]12C. The monoisotopic (exact) mass is 472 g/mol. The van der Waals surface area contributed by atoms with Gasteiger partial charge in [0.1, 0.15) is 5.78 Å². The predicted octanol–water partition coefficient (Wildman–Crippen LogP) is 6.49. The van der Waals surface area contributed by atoms with Crippen LogP contribution < -0.4 is 0 Å². The molecular weight excluding hydrogens is 424 g/mol. The topological polar surface area (TPSA) is 74.6 Å². The molecule has 5 rings (SSSR count). The van der Waals surface area contributed by atoms with E-state index < -0.39 is 17.5 Å². The Bertz CT molecular complexity index is 909. The Kier molecular flexibility index (Phi) is 5.18. The fourth-order valence-corrected chi connectivity index (χ4v) is 11.4. The lowest BCUT2D eigenvalue weighted by Crippen LogP contribution is -2.71. The molecule has 5 aliphatic rings. The number of hydrogen-bond donors (Lipinski definition) is 2. The number of aliphatic carboxylic acids is 1. The van der Waals surface area contributed by atoms with E-state index in [0.29, 0.717) is 24.5 Å². The van der Waals surface area contributed by atoms with Crippen molar-refractivity contribution in [3.63, 3.8) is 0 Å². The quantitative estimate of drug-likeness (QED) is 0.457. The van der Waals surface area contributed by atoms with E-state index in [1.807, 2.05) is 0 Å². The normalized spacial score (nSPS) is 56.5. The Morgan fingerprint density at radius 1 is 0.824 bits per heavy atom. The summed E-state index contributed by atoms with van der Waals surface area (Å²) in [5.41, 5.74) is -0.801. The molecule has 0 saturated heterocycles. The Hall–Kier alpha value is -0.900. The van der Waals surface area contributed by atoms with Gasteiger partial charge in [0.15, 0.2) is 0 Å². The molecule has 2 N–H and O–H groups in total. The molecule has 4 nitrogen and oxygen atoms in total. The van der Waals surface area contributed by atoms with Crippen LogP contribution in [0.4, 0.5) is 0 Å². The first kappa shape index (κ1) is 24.8. The Labute approximate surface area is 206 Å². The first-order valence-corrected chi connectivity index (χ1v) is 14.0. The van der Waals surface area contributed by atoms with Gasteiger partial charge in [-0.25, -0.2) is 0 Å². The zero-order chi connectivity index (χ0) is 25.1. The second kappa shape index (κ2) is 7.11. The summed E-state index contributed by atoms with van der Waals surface area (Å²) in [4.78, 5) is 25.6. The maximum Gasteiger partial charge on any atom is 0.309 e. The minimum absolute atomic E-state index is 0.00458. The van der Waals surface area contributed by atoms with Crippen molar-refractivity contribution in [3.05, 3.63) is 0 Å². The minimum Gasteiger partial charge on any atom is -0.481 e. The number of carbonyl (C=O) groups excluding carboxylic acids is 1. The molecule has 5 fully saturated rings. The van der Waals surface area contributed by atoms with Gasteiger partial charge in [-0.1, -0.05) is 48.5 Å². The van der Waals surface area contributed by atoms with E-state index in [2.05, 4.69) is 48.5 Å². The summed E-state index contributed by atoms with van der Waals surface area (Å²) in [5, 5.41) is 22.5. The molecule has 0 unspecified atom stereocenters. The third-order valence-corrected chi connectivity index (χ3v) is 13.6. The molecular formula is C30H48O4. The Morgan fingerprint density at radius 3 is 2.09 bits per heavy atom. The van der Waals surface area contributed by atoms with Crippen molar-refractivity contribution in [1.29, 1.82) is 0 Å². The predicted molar refractivity (Wildman–Crippen MR) is 133 cm³/mol. The third kappa shape index (κ3) is 2.81. The Balaban J connectivity index is 1.61. The second-order valence-electron chi connectivity index (χ2n) is 15.3. The highest BCUT2D eigenvalue weighted by Gasteiger charge is 2.74. The molecule has 0 radical (unpaired) electrons. The molecule has 0 amide bonds. The first-order valence-electron chi connectivity index (χ1n) is 14.0. The van der Waals surface area contributed by atoms with Crippen molar-refractivity contribution in [2.75, 3.05) is 0 Å². The molecule has 0 aromatic rings. The standard InChI is InChI=1S/C30H48O4/c1-18-19(31)8-9-21-26(4)11-12-28(6)22-17-25(2,3)10-14-30(22,24(33)34)15-13-29(28,7)23(26)20(32)16-27(18,21)5/h18,20-23,32H,8-17H2,1-7H3,(H,33,34)/t18-,20-,21-,22-,23-,26-,27+,28-,29+,30-/m0/s1. The molecule has 4 heteroatoms. The lowest BCUT2D eigenvalue weighted by molar-refractivity contribution is -0.282. The number of ketones is 1. The van der Waals surface area contributed by atoms with Crippen LogP contribution in [0, 0.1) is 56.2 Å². The van der Waals surface area contributed by atoms with Gasteiger partial charge in [0.25, 0.3) is 0 Å². The lowest BCUT2D eigenvalue weighted by Gasteiger charge is -2.75. The smallest absolute Gasteiger partial charge is 0.309 e. The summed E-state index contributed by atoms with van der Waals surface area (Å²) in [6, 6.07) is 0. The van der Waals surface area contributed by atoms with Gasteiger partial charge in [0.2, 0.25) is 0 Å². The second-order valence-corrected chi connectivity index (χ2v) is 15.3. The van der Waals surface area contributed by atoms with E-state index in [1.165, 1.54) is 0 Å². The summed E-state index contributed by atoms with van der Waals surface area (Å²) in [6.45, 7) is 16.3. The highest BCUT2D eigenvalue weighted by Crippen LogP contribution is 2.78. The van der Waals surface area contributed by atoms with Gasteiger partial charge in [-0.05, 0) is 103 Å². The molecule has 192 valence electrons. The van der Waals surface area contributed by atoms with Crippen molar-refractivity contribution >= 4 is 11.8 Å². The zero-order valence-corrected chi connectivity index (χ0v) is 22.7. The van der Waals surface area contributed by atoms with Gasteiger partial charge < -0.3 is 10.2 Å². The number of carboxylic acid groups (broad SMARTS) is 1. The van der Waals surface area contributed by atoms with E-state index in [0.717, 1.165) is 51.4 Å². The number of carboxylic acids is 1. The maximum atomic E-state index is 12.9.